The maximum atomic E-state index is 12.3. The molecule has 0 saturated heterocycles. The van der Waals surface area contributed by atoms with Crippen molar-refractivity contribution in [1.29, 1.82) is 0 Å². The summed E-state index contributed by atoms with van der Waals surface area (Å²) < 4.78 is 0. The van der Waals surface area contributed by atoms with Gasteiger partial charge >= 0.3 is 0 Å². The third-order valence-corrected chi connectivity index (χ3v) is 3.98. The fraction of sp³-hybridized carbons (Fsp3) is 0.529. The van der Waals surface area contributed by atoms with Crippen LogP contribution in [-0.2, 0) is 4.79 Å². The number of halogens is 2. The summed E-state index contributed by atoms with van der Waals surface area (Å²) in [4.78, 5) is 24.0. The lowest BCUT2D eigenvalue weighted by molar-refractivity contribution is -0.116. The molecule has 0 aliphatic heterocycles. The van der Waals surface area contributed by atoms with Crippen LogP contribution in [0, 0.1) is 0 Å². The van der Waals surface area contributed by atoms with E-state index in [2.05, 4.69) is 16.0 Å². The molecule has 0 aliphatic rings. The van der Waals surface area contributed by atoms with E-state index in [9.17, 15) is 9.59 Å². The van der Waals surface area contributed by atoms with Crippen LogP contribution < -0.4 is 16.0 Å². The summed E-state index contributed by atoms with van der Waals surface area (Å²) in [5.74, 6) is -0.283. The van der Waals surface area contributed by atoms with Crippen LogP contribution in [0.3, 0.4) is 0 Å². The van der Waals surface area contributed by atoms with Gasteiger partial charge in [0.1, 0.15) is 0 Å². The van der Waals surface area contributed by atoms with E-state index in [4.69, 9.17) is 11.6 Å². The largest absolute Gasteiger partial charge is 0.347 e. The fourth-order valence-electron chi connectivity index (χ4n) is 1.89. The van der Waals surface area contributed by atoms with Gasteiger partial charge in [-0.25, -0.2) is 0 Å². The predicted molar refractivity (Wildman–Crippen MR) is 102 cm³/mol. The topological polar surface area (TPSA) is 70.2 Å². The third-order valence-electron chi connectivity index (χ3n) is 3.66. The molecule has 1 aromatic rings. The summed E-state index contributed by atoms with van der Waals surface area (Å²) in [6.07, 6.45) is 2.02. The zero-order chi connectivity index (χ0) is 17.5. The molecule has 0 saturated carbocycles. The Hall–Kier alpha value is -1.30. The summed E-state index contributed by atoms with van der Waals surface area (Å²) in [5, 5.41) is 9.04. The van der Waals surface area contributed by atoms with Gasteiger partial charge in [0.15, 0.2) is 0 Å². The van der Waals surface area contributed by atoms with E-state index in [1.165, 1.54) is 0 Å². The number of hydrogen-bond donors (Lipinski definition) is 3. The molecule has 1 aromatic carbocycles. The number of anilines is 1. The number of carbonyl (C=O) groups excluding carboxylic acids is 2. The van der Waals surface area contributed by atoms with E-state index in [0.717, 1.165) is 19.4 Å². The molecular formula is C17H27Cl2N3O2. The molecule has 7 heteroatoms. The number of benzene rings is 1. The lowest BCUT2D eigenvalue weighted by Crippen LogP contribution is -2.42. The van der Waals surface area contributed by atoms with Crippen molar-refractivity contribution in [1.82, 2.24) is 10.6 Å². The van der Waals surface area contributed by atoms with Crippen molar-refractivity contribution in [2.24, 2.45) is 0 Å². The standard InChI is InChI=1S/C17H26ClN3O2.ClH/c1-5-17(2,3)21-16(23)13-9-8-12(11-14(13)18)20-15(22)7-6-10-19-4;/h8-9,11,19H,5-7,10H2,1-4H3,(H,20,22)(H,21,23);1H. The van der Waals surface area contributed by atoms with E-state index in [-0.39, 0.29) is 29.8 Å². The molecule has 0 heterocycles. The SMILES string of the molecule is CCC(C)(C)NC(=O)c1ccc(NC(=O)CCCNC)cc1Cl.Cl. The van der Waals surface area contributed by atoms with Gasteiger partial charge in [0.25, 0.3) is 5.91 Å². The van der Waals surface area contributed by atoms with Crippen molar-refractivity contribution in [3.8, 4) is 0 Å². The first-order chi connectivity index (χ1) is 10.8. The van der Waals surface area contributed by atoms with Crippen LogP contribution in [-0.4, -0.2) is 30.9 Å². The molecule has 136 valence electrons. The molecule has 0 bridgehead atoms. The van der Waals surface area contributed by atoms with Gasteiger partial charge in [-0.1, -0.05) is 18.5 Å². The fourth-order valence-corrected chi connectivity index (χ4v) is 2.16. The third kappa shape index (κ3) is 7.51. The Bertz CT molecular complexity index is 563. The van der Waals surface area contributed by atoms with Gasteiger partial charge in [-0.15, -0.1) is 12.4 Å². The van der Waals surface area contributed by atoms with Crippen molar-refractivity contribution in [3.63, 3.8) is 0 Å². The highest BCUT2D eigenvalue weighted by Crippen LogP contribution is 2.22. The monoisotopic (exact) mass is 375 g/mol. The van der Waals surface area contributed by atoms with Crippen molar-refractivity contribution in [2.75, 3.05) is 18.9 Å². The van der Waals surface area contributed by atoms with Crippen LogP contribution >= 0.6 is 24.0 Å². The molecule has 5 nitrogen and oxygen atoms in total. The van der Waals surface area contributed by atoms with Crippen LogP contribution in [0.4, 0.5) is 5.69 Å². The van der Waals surface area contributed by atoms with Gasteiger partial charge in [-0.2, -0.15) is 0 Å². The van der Waals surface area contributed by atoms with Gasteiger partial charge in [0, 0.05) is 17.6 Å². The zero-order valence-electron chi connectivity index (χ0n) is 14.7. The number of rotatable bonds is 8. The van der Waals surface area contributed by atoms with E-state index >= 15 is 0 Å². The Morgan fingerprint density at radius 3 is 2.46 bits per heavy atom. The first-order valence-electron chi connectivity index (χ1n) is 7.85. The lowest BCUT2D eigenvalue weighted by atomic mass is 10.0. The molecule has 2 amide bonds. The predicted octanol–water partition coefficient (Wildman–Crippen LogP) is 3.62. The summed E-state index contributed by atoms with van der Waals surface area (Å²) >= 11 is 6.18. The molecule has 0 atom stereocenters. The second-order valence-electron chi connectivity index (χ2n) is 6.14. The summed E-state index contributed by atoms with van der Waals surface area (Å²) in [6, 6.07) is 4.92. The van der Waals surface area contributed by atoms with Crippen molar-refractivity contribution < 1.29 is 9.59 Å². The van der Waals surface area contributed by atoms with E-state index < -0.39 is 0 Å². The minimum atomic E-state index is -0.291. The van der Waals surface area contributed by atoms with E-state index in [1.807, 2.05) is 27.8 Å². The van der Waals surface area contributed by atoms with Gasteiger partial charge in [-0.3, -0.25) is 9.59 Å². The van der Waals surface area contributed by atoms with Crippen LogP contribution in [0.25, 0.3) is 0 Å². The second kappa shape index (κ2) is 10.5. The first kappa shape index (κ1) is 22.7. The molecule has 0 unspecified atom stereocenters. The average Bonchev–Trinajstić information content (AvgIpc) is 2.47. The van der Waals surface area contributed by atoms with Crippen molar-refractivity contribution in [3.05, 3.63) is 28.8 Å². The number of hydrogen-bond acceptors (Lipinski definition) is 3. The van der Waals surface area contributed by atoms with Crippen molar-refractivity contribution >= 4 is 41.5 Å². The molecule has 0 radical (unpaired) electrons. The second-order valence-corrected chi connectivity index (χ2v) is 6.55. The van der Waals surface area contributed by atoms with Crippen LogP contribution in [0.15, 0.2) is 18.2 Å². The molecule has 0 fully saturated rings. The molecule has 0 aliphatic carbocycles. The van der Waals surface area contributed by atoms with Crippen LogP contribution in [0.2, 0.25) is 5.02 Å². The number of carbonyl (C=O) groups is 2. The van der Waals surface area contributed by atoms with Crippen molar-refractivity contribution in [2.45, 2.75) is 45.6 Å². The van der Waals surface area contributed by atoms with E-state index in [0.29, 0.717) is 22.7 Å². The number of nitrogens with one attached hydrogen (secondary N) is 3. The minimum Gasteiger partial charge on any atom is -0.347 e. The lowest BCUT2D eigenvalue weighted by Gasteiger charge is -2.24. The highest BCUT2D eigenvalue weighted by molar-refractivity contribution is 6.34. The van der Waals surface area contributed by atoms with E-state index in [1.54, 1.807) is 18.2 Å². The van der Waals surface area contributed by atoms with Gasteiger partial charge in [-0.05, 0) is 58.5 Å². The molecule has 0 aromatic heterocycles. The molecule has 3 N–H and O–H groups in total. The molecular weight excluding hydrogens is 349 g/mol. The Labute approximate surface area is 155 Å². The highest BCUT2D eigenvalue weighted by Gasteiger charge is 2.20. The first-order valence-corrected chi connectivity index (χ1v) is 8.23. The maximum absolute atomic E-state index is 12.3. The number of amides is 2. The Morgan fingerprint density at radius 1 is 1.25 bits per heavy atom. The normalized spacial score (nSPS) is 10.7. The van der Waals surface area contributed by atoms with Gasteiger partial charge < -0.3 is 16.0 Å². The molecule has 1 rings (SSSR count). The zero-order valence-corrected chi connectivity index (χ0v) is 16.2. The Balaban J connectivity index is 0.00000529. The quantitative estimate of drug-likeness (QED) is 0.607. The smallest absolute Gasteiger partial charge is 0.253 e. The summed E-state index contributed by atoms with van der Waals surface area (Å²) in [6.45, 7) is 6.71. The summed E-state index contributed by atoms with van der Waals surface area (Å²) in [7, 11) is 1.85. The summed E-state index contributed by atoms with van der Waals surface area (Å²) in [5.41, 5.74) is 0.706. The maximum Gasteiger partial charge on any atom is 0.253 e. The van der Waals surface area contributed by atoms with Gasteiger partial charge in [0.2, 0.25) is 5.91 Å². The Kier molecular flexibility index (Phi) is 9.97. The van der Waals surface area contributed by atoms with Crippen LogP contribution in [0.5, 0.6) is 0 Å². The molecule has 24 heavy (non-hydrogen) atoms. The Morgan fingerprint density at radius 2 is 1.92 bits per heavy atom. The molecule has 0 spiro atoms. The minimum absolute atomic E-state index is 0. The van der Waals surface area contributed by atoms with Gasteiger partial charge in [0.05, 0.1) is 10.6 Å². The van der Waals surface area contributed by atoms with Crippen LogP contribution in [0.1, 0.15) is 50.4 Å². The average molecular weight is 376 g/mol. The highest BCUT2D eigenvalue weighted by atomic mass is 35.5.